The van der Waals surface area contributed by atoms with Crippen LogP contribution in [-0.2, 0) is 0 Å². The number of non-ortho nitro benzene ring substituents is 1. The molecular formula is C18H22N2O5. The third-order valence-corrected chi connectivity index (χ3v) is 3.84. The first-order chi connectivity index (χ1) is 11.9. The molecule has 1 unspecified atom stereocenters. The van der Waals surface area contributed by atoms with Gasteiger partial charge in [0.05, 0.1) is 4.92 Å². The Kier molecular flexibility index (Phi) is 6.19. The summed E-state index contributed by atoms with van der Waals surface area (Å²) >= 11 is 0. The molecule has 0 aromatic heterocycles. The molecule has 0 aliphatic carbocycles. The summed E-state index contributed by atoms with van der Waals surface area (Å²) in [6.45, 7) is 4.98. The summed E-state index contributed by atoms with van der Waals surface area (Å²) in [6, 6.07) is 10.8. The van der Waals surface area contributed by atoms with Crippen molar-refractivity contribution in [2.75, 3.05) is 24.6 Å². The second-order valence-electron chi connectivity index (χ2n) is 5.73. The van der Waals surface area contributed by atoms with Gasteiger partial charge in [0.15, 0.2) is 0 Å². The number of ether oxygens (including phenoxy) is 1. The van der Waals surface area contributed by atoms with Crippen molar-refractivity contribution in [1.29, 1.82) is 0 Å². The van der Waals surface area contributed by atoms with Crippen LogP contribution in [0.4, 0.5) is 11.4 Å². The van der Waals surface area contributed by atoms with Crippen molar-refractivity contribution in [3.63, 3.8) is 0 Å². The lowest BCUT2D eigenvalue weighted by atomic mass is 10.1. The molecule has 0 radical (unpaired) electrons. The van der Waals surface area contributed by atoms with E-state index in [1.807, 2.05) is 24.8 Å². The van der Waals surface area contributed by atoms with Gasteiger partial charge in [-0.1, -0.05) is 6.07 Å². The van der Waals surface area contributed by atoms with Crippen LogP contribution < -0.4 is 9.64 Å². The number of hydrogen-bond acceptors (Lipinski definition) is 6. The number of aliphatic hydroxyl groups is 1. The van der Waals surface area contributed by atoms with Gasteiger partial charge in [0, 0.05) is 37.0 Å². The van der Waals surface area contributed by atoms with E-state index in [9.17, 15) is 20.3 Å². The molecule has 2 aromatic rings. The van der Waals surface area contributed by atoms with Gasteiger partial charge in [-0.25, -0.2) is 0 Å². The lowest BCUT2D eigenvalue weighted by Crippen LogP contribution is -2.36. The van der Waals surface area contributed by atoms with Crippen LogP contribution in [0, 0.1) is 17.0 Å². The predicted octanol–water partition coefficient (Wildman–Crippen LogP) is 2.88. The minimum Gasteiger partial charge on any atom is -0.508 e. The average Bonchev–Trinajstić information content (AvgIpc) is 2.60. The summed E-state index contributed by atoms with van der Waals surface area (Å²) in [5.41, 5.74) is 1.85. The number of nitro benzene ring substituents is 1. The van der Waals surface area contributed by atoms with Crippen molar-refractivity contribution in [1.82, 2.24) is 0 Å². The third kappa shape index (κ3) is 5.09. The van der Waals surface area contributed by atoms with Crippen molar-refractivity contribution >= 4 is 11.4 Å². The maximum atomic E-state index is 10.6. The molecule has 2 rings (SSSR count). The van der Waals surface area contributed by atoms with Crippen molar-refractivity contribution in [2.24, 2.45) is 0 Å². The number of rotatable bonds is 8. The first kappa shape index (κ1) is 18.5. The van der Waals surface area contributed by atoms with E-state index in [1.165, 1.54) is 24.3 Å². The maximum absolute atomic E-state index is 10.6. The van der Waals surface area contributed by atoms with Gasteiger partial charge < -0.3 is 19.8 Å². The van der Waals surface area contributed by atoms with Crippen molar-refractivity contribution in [3.8, 4) is 11.5 Å². The highest BCUT2D eigenvalue weighted by atomic mass is 16.6. The largest absolute Gasteiger partial charge is 0.508 e. The molecule has 0 aliphatic rings. The number of nitrogens with zero attached hydrogens (tertiary/aromatic N) is 2. The monoisotopic (exact) mass is 346 g/mol. The van der Waals surface area contributed by atoms with E-state index in [-0.39, 0.29) is 18.0 Å². The fourth-order valence-corrected chi connectivity index (χ4v) is 2.50. The molecule has 0 aliphatic heterocycles. The first-order valence-electron chi connectivity index (χ1n) is 8.00. The molecule has 0 spiro atoms. The summed E-state index contributed by atoms with van der Waals surface area (Å²) in [5, 5.41) is 30.5. The van der Waals surface area contributed by atoms with Crippen LogP contribution in [0.25, 0.3) is 0 Å². The van der Waals surface area contributed by atoms with E-state index in [4.69, 9.17) is 4.74 Å². The number of phenols is 1. The van der Waals surface area contributed by atoms with Crippen LogP contribution in [0.2, 0.25) is 0 Å². The maximum Gasteiger partial charge on any atom is 0.269 e. The van der Waals surface area contributed by atoms with Gasteiger partial charge in [-0.15, -0.1) is 0 Å². The summed E-state index contributed by atoms with van der Waals surface area (Å²) in [5.74, 6) is 0.636. The Morgan fingerprint density at radius 2 is 1.92 bits per heavy atom. The Hall–Kier alpha value is -2.80. The summed E-state index contributed by atoms with van der Waals surface area (Å²) in [4.78, 5) is 12.1. The molecule has 7 nitrogen and oxygen atoms in total. The summed E-state index contributed by atoms with van der Waals surface area (Å²) < 4.78 is 5.49. The zero-order valence-corrected chi connectivity index (χ0v) is 14.3. The van der Waals surface area contributed by atoms with Crippen LogP contribution in [0.5, 0.6) is 11.5 Å². The fraction of sp³-hybridized carbons (Fsp3) is 0.333. The number of anilines is 1. The quantitative estimate of drug-likeness (QED) is 0.564. The minimum atomic E-state index is -0.753. The van der Waals surface area contributed by atoms with Crippen molar-refractivity contribution in [2.45, 2.75) is 20.0 Å². The van der Waals surface area contributed by atoms with Crippen LogP contribution in [0.3, 0.4) is 0 Å². The van der Waals surface area contributed by atoms with E-state index < -0.39 is 11.0 Å². The Labute approximate surface area is 146 Å². The number of phenolic OH excluding ortho intramolecular Hbond substituents is 1. The zero-order chi connectivity index (χ0) is 18.4. The van der Waals surface area contributed by atoms with Gasteiger partial charge in [0.25, 0.3) is 5.69 Å². The molecule has 0 heterocycles. The average molecular weight is 346 g/mol. The van der Waals surface area contributed by atoms with Gasteiger partial charge in [-0.05, 0) is 37.6 Å². The Morgan fingerprint density at radius 3 is 2.52 bits per heavy atom. The zero-order valence-electron chi connectivity index (χ0n) is 14.3. The molecular weight excluding hydrogens is 324 g/mol. The smallest absolute Gasteiger partial charge is 0.269 e. The number of nitro groups is 1. The van der Waals surface area contributed by atoms with E-state index in [1.54, 1.807) is 12.1 Å². The molecule has 25 heavy (non-hydrogen) atoms. The molecule has 7 heteroatoms. The van der Waals surface area contributed by atoms with E-state index in [0.717, 1.165) is 11.3 Å². The molecule has 0 fully saturated rings. The fourth-order valence-electron chi connectivity index (χ4n) is 2.50. The number of aliphatic hydroxyl groups excluding tert-OH is 1. The SMILES string of the molecule is CCN(CC(O)COc1ccc([N+](=O)[O-])cc1)c1cc(O)ccc1C. The molecule has 0 saturated heterocycles. The second kappa shape index (κ2) is 8.34. The Morgan fingerprint density at radius 1 is 1.24 bits per heavy atom. The normalized spacial score (nSPS) is 11.8. The summed E-state index contributed by atoms with van der Waals surface area (Å²) in [6.07, 6.45) is -0.753. The third-order valence-electron chi connectivity index (χ3n) is 3.84. The number of aromatic hydroxyl groups is 1. The highest BCUT2D eigenvalue weighted by Gasteiger charge is 2.14. The van der Waals surface area contributed by atoms with Crippen LogP contribution >= 0.6 is 0 Å². The second-order valence-corrected chi connectivity index (χ2v) is 5.73. The number of aryl methyl sites for hydroxylation is 1. The highest BCUT2D eigenvalue weighted by Crippen LogP contribution is 2.25. The summed E-state index contributed by atoms with van der Waals surface area (Å²) in [7, 11) is 0. The lowest BCUT2D eigenvalue weighted by molar-refractivity contribution is -0.384. The first-order valence-corrected chi connectivity index (χ1v) is 8.00. The molecule has 134 valence electrons. The van der Waals surface area contributed by atoms with Crippen molar-refractivity contribution in [3.05, 3.63) is 58.1 Å². The van der Waals surface area contributed by atoms with E-state index in [2.05, 4.69) is 0 Å². The number of hydrogen-bond donors (Lipinski definition) is 2. The van der Waals surface area contributed by atoms with Gasteiger partial charge >= 0.3 is 0 Å². The van der Waals surface area contributed by atoms with Gasteiger partial charge in [-0.3, -0.25) is 10.1 Å². The van der Waals surface area contributed by atoms with Crippen LogP contribution in [0.1, 0.15) is 12.5 Å². The van der Waals surface area contributed by atoms with Gasteiger partial charge in [0.1, 0.15) is 24.2 Å². The molecule has 1 atom stereocenters. The number of benzene rings is 2. The lowest BCUT2D eigenvalue weighted by Gasteiger charge is -2.27. The van der Waals surface area contributed by atoms with Crippen molar-refractivity contribution < 1.29 is 19.9 Å². The predicted molar refractivity (Wildman–Crippen MR) is 95.3 cm³/mol. The molecule has 2 N–H and O–H groups in total. The molecule has 0 saturated carbocycles. The molecule has 0 amide bonds. The van der Waals surface area contributed by atoms with Crippen LogP contribution in [-0.4, -0.2) is 40.9 Å². The van der Waals surface area contributed by atoms with Crippen LogP contribution in [0.15, 0.2) is 42.5 Å². The Balaban J connectivity index is 1.94. The molecule has 2 aromatic carbocycles. The number of likely N-dealkylation sites (N-methyl/N-ethyl adjacent to an activating group) is 1. The standard InChI is InChI=1S/C18H22N2O5/c1-3-19(18-10-15(21)7-4-13(18)2)11-16(22)12-25-17-8-5-14(6-9-17)20(23)24/h4-10,16,21-22H,3,11-12H2,1-2H3. The highest BCUT2D eigenvalue weighted by molar-refractivity contribution is 5.56. The topological polar surface area (TPSA) is 96.1 Å². The van der Waals surface area contributed by atoms with Gasteiger partial charge in [-0.2, -0.15) is 0 Å². The van der Waals surface area contributed by atoms with E-state index in [0.29, 0.717) is 18.8 Å². The van der Waals surface area contributed by atoms with Gasteiger partial charge in [0.2, 0.25) is 0 Å². The Bertz CT molecular complexity index is 718. The molecule has 0 bridgehead atoms. The van der Waals surface area contributed by atoms with E-state index >= 15 is 0 Å². The minimum absolute atomic E-state index is 0.00980.